The van der Waals surface area contributed by atoms with Crippen LogP contribution in [0.5, 0.6) is 5.75 Å². The van der Waals surface area contributed by atoms with Gasteiger partial charge >= 0.3 is 0 Å². The first-order valence-corrected chi connectivity index (χ1v) is 11.8. The lowest BCUT2D eigenvalue weighted by Gasteiger charge is -2.36. The lowest BCUT2D eigenvalue weighted by molar-refractivity contribution is -0.0414. The molecule has 158 valence electrons. The van der Waals surface area contributed by atoms with Gasteiger partial charge in [-0.1, -0.05) is 24.3 Å². The second kappa shape index (κ2) is 9.61. The van der Waals surface area contributed by atoms with Gasteiger partial charge < -0.3 is 9.84 Å². The number of sulfonamides is 1. The molecule has 0 aliphatic carbocycles. The number of aliphatic hydroxyl groups excluding tert-OH is 1. The summed E-state index contributed by atoms with van der Waals surface area (Å²) < 4.78 is 30.3. The number of nitrogens with zero attached hydrogens (tertiary/aromatic N) is 1. The fourth-order valence-corrected chi connectivity index (χ4v) is 4.39. The summed E-state index contributed by atoms with van der Waals surface area (Å²) in [4.78, 5) is 2.15. The van der Waals surface area contributed by atoms with Gasteiger partial charge in [-0.2, -0.15) is 0 Å². The third-order valence-corrected chi connectivity index (χ3v) is 6.03. The predicted octanol–water partition coefficient (Wildman–Crippen LogP) is 2.88. The minimum absolute atomic E-state index is 0.418. The first-order chi connectivity index (χ1) is 13.8. The van der Waals surface area contributed by atoms with E-state index in [9.17, 15) is 13.5 Å². The zero-order valence-corrected chi connectivity index (χ0v) is 17.9. The highest BCUT2D eigenvalue weighted by molar-refractivity contribution is 7.92. The molecule has 1 fully saturated rings. The van der Waals surface area contributed by atoms with E-state index < -0.39 is 16.3 Å². The van der Waals surface area contributed by atoms with Gasteiger partial charge in [-0.05, 0) is 67.0 Å². The van der Waals surface area contributed by atoms with Crippen molar-refractivity contribution >= 4 is 15.7 Å². The highest BCUT2D eigenvalue weighted by atomic mass is 32.2. The molecule has 2 aromatic rings. The summed E-state index contributed by atoms with van der Waals surface area (Å²) in [5.41, 5.74) is 2.97. The van der Waals surface area contributed by atoms with Crippen molar-refractivity contribution in [2.24, 2.45) is 5.92 Å². The Morgan fingerprint density at radius 1 is 1.10 bits per heavy atom. The first kappa shape index (κ1) is 21.6. The average Bonchev–Trinajstić information content (AvgIpc) is 2.68. The predicted molar refractivity (Wildman–Crippen MR) is 116 cm³/mol. The molecule has 2 aromatic carbocycles. The monoisotopic (exact) mass is 418 g/mol. The van der Waals surface area contributed by atoms with E-state index in [1.54, 1.807) is 19.2 Å². The Balaban J connectivity index is 1.46. The van der Waals surface area contributed by atoms with Gasteiger partial charge in [0.2, 0.25) is 10.0 Å². The molecule has 2 unspecified atom stereocenters. The molecule has 1 aliphatic rings. The van der Waals surface area contributed by atoms with E-state index >= 15 is 0 Å². The molecule has 0 spiro atoms. The Morgan fingerprint density at radius 2 is 1.76 bits per heavy atom. The van der Waals surface area contributed by atoms with Crippen LogP contribution in [0.25, 0.3) is 0 Å². The maximum absolute atomic E-state index is 11.3. The second-order valence-electron chi connectivity index (χ2n) is 7.78. The summed E-state index contributed by atoms with van der Waals surface area (Å²) in [5, 5.41) is 10.6. The van der Waals surface area contributed by atoms with Gasteiger partial charge in [0.25, 0.3) is 0 Å². The molecule has 3 rings (SSSR count). The normalized spacial score (nSPS) is 20.4. The molecular weight excluding hydrogens is 388 g/mol. The van der Waals surface area contributed by atoms with Gasteiger partial charge in [0.1, 0.15) is 12.0 Å². The molecule has 2 N–H and O–H groups in total. The van der Waals surface area contributed by atoms with Crippen LogP contribution in [0.15, 0.2) is 48.5 Å². The Morgan fingerprint density at radius 3 is 2.34 bits per heavy atom. The van der Waals surface area contributed by atoms with Crippen molar-refractivity contribution in [2.45, 2.75) is 31.9 Å². The van der Waals surface area contributed by atoms with Crippen molar-refractivity contribution in [1.29, 1.82) is 0 Å². The first-order valence-electron chi connectivity index (χ1n) is 9.94. The maximum Gasteiger partial charge on any atom is 0.229 e. The third-order valence-electron chi connectivity index (χ3n) is 5.42. The van der Waals surface area contributed by atoms with Crippen molar-refractivity contribution < 1.29 is 18.3 Å². The van der Waals surface area contributed by atoms with Crippen LogP contribution in [0.4, 0.5) is 5.69 Å². The number of nitrogens with one attached hydrogen (secondary N) is 1. The van der Waals surface area contributed by atoms with E-state index in [-0.39, 0.29) is 0 Å². The number of hydrogen-bond donors (Lipinski definition) is 2. The van der Waals surface area contributed by atoms with Gasteiger partial charge in [0.15, 0.2) is 0 Å². The summed E-state index contributed by atoms with van der Waals surface area (Å²) in [6.45, 7) is 1.72. The minimum Gasteiger partial charge on any atom is -0.497 e. The third kappa shape index (κ3) is 6.73. The standard InChI is InChI=1S/C22H30N2O4S/c1-28-21-9-5-17(6-10-21)11-13-24-14-12-19(16-22(24)25)15-18-3-7-20(8-4-18)23-29(2,26)27/h3-10,19,22-23,25H,11-16H2,1-2H3. The summed E-state index contributed by atoms with van der Waals surface area (Å²) in [6, 6.07) is 15.6. The topological polar surface area (TPSA) is 78.9 Å². The van der Waals surface area contributed by atoms with E-state index in [0.717, 1.165) is 56.3 Å². The van der Waals surface area contributed by atoms with Crippen molar-refractivity contribution in [3.05, 3.63) is 59.7 Å². The lowest BCUT2D eigenvalue weighted by atomic mass is 9.89. The molecule has 0 amide bonds. The smallest absolute Gasteiger partial charge is 0.229 e. The van der Waals surface area contributed by atoms with Crippen LogP contribution < -0.4 is 9.46 Å². The number of aliphatic hydroxyl groups is 1. The number of anilines is 1. The minimum atomic E-state index is -3.25. The zero-order chi connectivity index (χ0) is 20.9. The van der Waals surface area contributed by atoms with Crippen LogP contribution in [0.3, 0.4) is 0 Å². The van der Waals surface area contributed by atoms with E-state index in [4.69, 9.17) is 4.74 Å². The number of benzene rings is 2. The van der Waals surface area contributed by atoms with Crippen LogP contribution in [-0.2, 0) is 22.9 Å². The molecular formula is C22H30N2O4S. The molecule has 0 aromatic heterocycles. The molecule has 7 heteroatoms. The van der Waals surface area contributed by atoms with Gasteiger partial charge in [-0.25, -0.2) is 8.42 Å². The second-order valence-corrected chi connectivity index (χ2v) is 9.53. The number of hydrogen-bond acceptors (Lipinski definition) is 5. The Kier molecular flexibility index (Phi) is 7.16. The van der Waals surface area contributed by atoms with Crippen LogP contribution >= 0.6 is 0 Å². The maximum atomic E-state index is 11.3. The fraction of sp³-hybridized carbons (Fsp3) is 0.455. The SMILES string of the molecule is COc1ccc(CCN2CCC(Cc3ccc(NS(C)(=O)=O)cc3)CC2O)cc1. The molecule has 0 saturated carbocycles. The molecule has 0 radical (unpaired) electrons. The Bertz CT molecular complexity index is 882. The quantitative estimate of drug-likeness (QED) is 0.689. The van der Waals surface area contributed by atoms with E-state index in [1.807, 2.05) is 24.3 Å². The number of ether oxygens (including phenoxy) is 1. The van der Waals surface area contributed by atoms with Crippen LogP contribution in [-0.4, -0.2) is 51.1 Å². The molecule has 1 heterocycles. The number of piperidine rings is 1. The largest absolute Gasteiger partial charge is 0.497 e. The highest BCUT2D eigenvalue weighted by Crippen LogP contribution is 2.26. The molecule has 6 nitrogen and oxygen atoms in total. The van der Waals surface area contributed by atoms with Gasteiger partial charge in [0, 0.05) is 18.8 Å². The Hall–Kier alpha value is -2.09. The number of likely N-dealkylation sites (tertiary alicyclic amines) is 1. The summed E-state index contributed by atoms with van der Waals surface area (Å²) in [5.74, 6) is 1.28. The van der Waals surface area contributed by atoms with E-state index in [2.05, 4.69) is 21.8 Å². The van der Waals surface area contributed by atoms with Crippen LogP contribution in [0.1, 0.15) is 24.0 Å². The average molecular weight is 419 g/mol. The summed E-state index contributed by atoms with van der Waals surface area (Å²) in [6.07, 6.45) is 4.32. The lowest BCUT2D eigenvalue weighted by Crippen LogP contribution is -2.43. The van der Waals surface area contributed by atoms with Gasteiger partial charge in [-0.15, -0.1) is 0 Å². The molecule has 2 atom stereocenters. The fourth-order valence-electron chi connectivity index (χ4n) is 3.83. The van der Waals surface area contributed by atoms with E-state index in [1.165, 1.54) is 5.56 Å². The highest BCUT2D eigenvalue weighted by Gasteiger charge is 2.26. The van der Waals surface area contributed by atoms with Crippen molar-refractivity contribution in [2.75, 3.05) is 31.2 Å². The van der Waals surface area contributed by atoms with E-state index in [0.29, 0.717) is 11.6 Å². The van der Waals surface area contributed by atoms with Crippen LogP contribution in [0, 0.1) is 5.92 Å². The number of methoxy groups -OCH3 is 1. The van der Waals surface area contributed by atoms with Crippen molar-refractivity contribution in [1.82, 2.24) is 4.90 Å². The molecule has 29 heavy (non-hydrogen) atoms. The molecule has 1 saturated heterocycles. The number of rotatable bonds is 8. The van der Waals surface area contributed by atoms with Gasteiger partial charge in [-0.3, -0.25) is 9.62 Å². The van der Waals surface area contributed by atoms with Crippen LogP contribution in [0.2, 0.25) is 0 Å². The Labute approximate surface area is 173 Å². The summed E-state index contributed by atoms with van der Waals surface area (Å²) in [7, 11) is -1.59. The van der Waals surface area contributed by atoms with Crippen molar-refractivity contribution in [3.63, 3.8) is 0 Å². The van der Waals surface area contributed by atoms with Gasteiger partial charge in [0.05, 0.1) is 13.4 Å². The molecule has 0 bridgehead atoms. The molecule has 1 aliphatic heterocycles. The zero-order valence-electron chi connectivity index (χ0n) is 17.0. The van der Waals surface area contributed by atoms with Crippen molar-refractivity contribution in [3.8, 4) is 5.75 Å². The summed E-state index contributed by atoms with van der Waals surface area (Å²) >= 11 is 0.